The second-order valence-corrected chi connectivity index (χ2v) is 14.1. The van der Waals surface area contributed by atoms with E-state index < -0.39 is 5.60 Å². The molecule has 3 heterocycles. The van der Waals surface area contributed by atoms with Gasteiger partial charge in [-0.05, 0) is 102 Å². The Morgan fingerprint density at radius 2 is 1.86 bits per heavy atom. The number of nitriles is 1. The van der Waals surface area contributed by atoms with Crippen LogP contribution in [-0.4, -0.2) is 83.4 Å². The Morgan fingerprint density at radius 1 is 1.07 bits per heavy atom. The molecule has 9 heteroatoms. The van der Waals surface area contributed by atoms with Crippen LogP contribution in [0.3, 0.4) is 0 Å². The normalized spacial score (nSPS) is 25.7. The van der Waals surface area contributed by atoms with E-state index in [9.17, 15) is 10.1 Å². The van der Waals surface area contributed by atoms with Crippen LogP contribution in [0.25, 0.3) is 0 Å². The Balaban J connectivity index is 1.28. The molecule has 9 nitrogen and oxygen atoms in total. The number of carbonyl (C=O) groups is 1. The molecule has 230 valence electrons. The van der Waals surface area contributed by atoms with Gasteiger partial charge in [-0.15, -0.1) is 0 Å². The summed E-state index contributed by atoms with van der Waals surface area (Å²) in [7, 11) is 2.16. The van der Waals surface area contributed by atoms with Crippen LogP contribution in [-0.2, 0) is 30.4 Å². The molecule has 4 aliphatic rings. The monoisotopic (exact) mass is 586 g/mol. The second kappa shape index (κ2) is 12.0. The maximum Gasteiger partial charge on any atom is 0.410 e. The van der Waals surface area contributed by atoms with Crippen LogP contribution >= 0.6 is 0 Å². The van der Waals surface area contributed by atoms with Crippen molar-refractivity contribution >= 4 is 11.9 Å². The van der Waals surface area contributed by atoms with Gasteiger partial charge in [0, 0.05) is 31.2 Å². The zero-order chi connectivity index (χ0) is 30.2. The van der Waals surface area contributed by atoms with E-state index in [2.05, 4.69) is 47.2 Å². The van der Waals surface area contributed by atoms with Gasteiger partial charge in [-0.25, -0.2) is 4.79 Å². The molecule has 43 heavy (non-hydrogen) atoms. The van der Waals surface area contributed by atoms with E-state index in [1.165, 1.54) is 29.5 Å². The molecule has 2 aromatic rings. The topological polar surface area (TPSA) is 94.8 Å². The first-order valence-electron chi connectivity index (χ1n) is 16.0. The second-order valence-electron chi connectivity index (χ2n) is 14.1. The average molecular weight is 587 g/mol. The summed E-state index contributed by atoms with van der Waals surface area (Å²) >= 11 is 0. The molecule has 0 bridgehead atoms. The number of fused-ring (bicyclic) bond motifs is 2. The fourth-order valence-electron chi connectivity index (χ4n) is 7.54. The summed E-state index contributed by atoms with van der Waals surface area (Å²) < 4.78 is 12.0. The van der Waals surface area contributed by atoms with Crippen molar-refractivity contribution in [2.24, 2.45) is 5.41 Å². The molecule has 1 aromatic carbocycles. The quantitative estimate of drug-likeness (QED) is 0.486. The molecule has 2 saturated heterocycles. The number of benzene rings is 1. The average Bonchev–Trinajstić information content (AvgIpc) is 3.39. The third-order valence-corrected chi connectivity index (χ3v) is 9.92. The molecule has 2 aliphatic heterocycles. The van der Waals surface area contributed by atoms with Gasteiger partial charge in [0.15, 0.2) is 0 Å². The summed E-state index contributed by atoms with van der Waals surface area (Å²) in [6.07, 6.45) is 8.52. The first-order chi connectivity index (χ1) is 20.6. The number of carbonyl (C=O) groups excluding carboxylic acids is 1. The number of hydrogen-bond acceptors (Lipinski definition) is 8. The standard InChI is InChI=1S/C34H46N6O3/c1-33(2,3)43-32(41)40-19-18-39(22-26(40)13-16-35)30-28-12-15-34(14-11-24-8-5-6-9-25(24)20-34)21-29(28)36-31(37-30)42-23-27-10-7-17-38(27)4/h5-6,8-9,26-27H,7,10-15,17-23H2,1-4H3/t26-,27-,34-/m0/s1. The Labute approximate surface area is 256 Å². The number of hydrogen-bond donors (Lipinski definition) is 0. The van der Waals surface area contributed by atoms with Crippen molar-refractivity contribution in [3.05, 3.63) is 46.6 Å². The first kappa shape index (κ1) is 29.7. The van der Waals surface area contributed by atoms with Crippen molar-refractivity contribution in [2.45, 2.75) is 96.2 Å². The molecular formula is C34H46N6O3. The molecule has 6 rings (SSSR count). The summed E-state index contributed by atoms with van der Waals surface area (Å²) in [6, 6.07) is 11.7. The number of aryl methyl sites for hydroxylation is 1. The van der Waals surface area contributed by atoms with Gasteiger partial charge in [0.25, 0.3) is 0 Å². The number of anilines is 1. The molecule has 0 saturated carbocycles. The molecule has 0 unspecified atom stereocenters. The van der Waals surface area contributed by atoms with Crippen molar-refractivity contribution in [2.75, 3.05) is 44.7 Å². The lowest BCUT2D eigenvalue weighted by Gasteiger charge is -2.44. The van der Waals surface area contributed by atoms with E-state index in [-0.39, 0.29) is 24.0 Å². The highest BCUT2D eigenvalue weighted by atomic mass is 16.6. The van der Waals surface area contributed by atoms with E-state index in [4.69, 9.17) is 19.4 Å². The van der Waals surface area contributed by atoms with Crippen molar-refractivity contribution in [1.29, 1.82) is 5.26 Å². The van der Waals surface area contributed by atoms with Crippen molar-refractivity contribution in [1.82, 2.24) is 19.8 Å². The smallest absolute Gasteiger partial charge is 0.410 e. The Bertz CT molecular complexity index is 1380. The van der Waals surface area contributed by atoms with Gasteiger partial charge in [-0.1, -0.05) is 24.3 Å². The highest BCUT2D eigenvalue weighted by Crippen LogP contribution is 2.46. The third-order valence-electron chi connectivity index (χ3n) is 9.92. The molecule has 1 aromatic heterocycles. The van der Waals surface area contributed by atoms with Gasteiger partial charge >= 0.3 is 12.1 Å². The van der Waals surface area contributed by atoms with E-state index in [0.717, 1.165) is 56.6 Å². The molecule has 1 amide bonds. The number of ether oxygens (including phenoxy) is 2. The lowest BCUT2D eigenvalue weighted by Crippen LogP contribution is -2.56. The SMILES string of the molecule is CN1CCC[C@H]1COc1nc2c(c(N3CCN(C(=O)OC(C)(C)C)[C@@H](CC#N)C3)n1)CC[C@]1(CCc3ccccc3C1)C2. The van der Waals surface area contributed by atoms with Gasteiger partial charge < -0.3 is 24.2 Å². The fraction of sp³-hybridized carbons (Fsp3) is 0.647. The maximum atomic E-state index is 13.1. The third kappa shape index (κ3) is 6.45. The largest absolute Gasteiger partial charge is 0.462 e. The Morgan fingerprint density at radius 3 is 2.60 bits per heavy atom. The van der Waals surface area contributed by atoms with Crippen molar-refractivity contribution < 1.29 is 14.3 Å². The number of likely N-dealkylation sites (tertiary alicyclic amines) is 1. The van der Waals surface area contributed by atoms with Crippen molar-refractivity contribution in [3.63, 3.8) is 0 Å². The number of amides is 1. The lowest BCUT2D eigenvalue weighted by atomic mass is 9.63. The van der Waals surface area contributed by atoms with Crippen LogP contribution in [0.2, 0.25) is 0 Å². The zero-order valence-corrected chi connectivity index (χ0v) is 26.3. The van der Waals surface area contributed by atoms with E-state index in [1.807, 2.05) is 20.8 Å². The molecule has 1 spiro atoms. The summed E-state index contributed by atoms with van der Waals surface area (Å²) in [5, 5.41) is 9.65. The number of nitrogens with zero attached hydrogens (tertiary/aromatic N) is 6. The Kier molecular flexibility index (Phi) is 8.25. The van der Waals surface area contributed by atoms with Crippen LogP contribution in [0.4, 0.5) is 10.6 Å². The molecule has 3 atom stereocenters. The van der Waals surface area contributed by atoms with Gasteiger partial charge in [-0.3, -0.25) is 0 Å². The van der Waals surface area contributed by atoms with Crippen LogP contribution < -0.4 is 9.64 Å². The van der Waals surface area contributed by atoms with Gasteiger partial charge in [0.1, 0.15) is 18.0 Å². The molecule has 0 radical (unpaired) electrons. The number of likely N-dealkylation sites (N-methyl/N-ethyl adjacent to an activating group) is 1. The highest BCUT2D eigenvalue weighted by molar-refractivity contribution is 5.69. The van der Waals surface area contributed by atoms with E-state index in [1.54, 1.807) is 4.90 Å². The molecule has 2 aliphatic carbocycles. The number of rotatable bonds is 5. The van der Waals surface area contributed by atoms with E-state index >= 15 is 0 Å². The fourth-order valence-corrected chi connectivity index (χ4v) is 7.54. The minimum absolute atomic E-state index is 0.203. The lowest BCUT2D eigenvalue weighted by molar-refractivity contribution is 0.0144. The van der Waals surface area contributed by atoms with Crippen LogP contribution in [0, 0.1) is 16.7 Å². The van der Waals surface area contributed by atoms with Crippen LogP contribution in [0.1, 0.15) is 75.3 Å². The van der Waals surface area contributed by atoms with Crippen molar-refractivity contribution in [3.8, 4) is 12.1 Å². The minimum atomic E-state index is -0.591. The molecule has 2 fully saturated rings. The first-order valence-corrected chi connectivity index (χ1v) is 16.0. The minimum Gasteiger partial charge on any atom is -0.462 e. The summed E-state index contributed by atoms with van der Waals surface area (Å²) in [5.41, 5.74) is 4.89. The zero-order valence-electron chi connectivity index (χ0n) is 26.3. The summed E-state index contributed by atoms with van der Waals surface area (Å²) in [5.74, 6) is 0.914. The highest BCUT2D eigenvalue weighted by Gasteiger charge is 2.41. The number of piperazine rings is 1. The predicted octanol–water partition coefficient (Wildman–Crippen LogP) is 4.95. The predicted molar refractivity (Wildman–Crippen MR) is 165 cm³/mol. The maximum absolute atomic E-state index is 13.1. The van der Waals surface area contributed by atoms with Crippen LogP contribution in [0.15, 0.2) is 24.3 Å². The Hall–Kier alpha value is -3.38. The van der Waals surface area contributed by atoms with Gasteiger partial charge in [-0.2, -0.15) is 15.2 Å². The van der Waals surface area contributed by atoms with Gasteiger partial charge in [0.2, 0.25) is 0 Å². The number of aromatic nitrogens is 2. The van der Waals surface area contributed by atoms with E-state index in [0.29, 0.717) is 38.3 Å². The molecule has 0 N–H and O–H groups in total. The molecular weight excluding hydrogens is 540 g/mol. The summed E-state index contributed by atoms with van der Waals surface area (Å²) in [6.45, 7) is 8.91. The van der Waals surface area contributed by atoms with Gasteiger partial charge in [0.05, 0.1) is 24.2 Å². The summed E-state index contributed by atoms with van der Waals surface area (Å²) in [4.78, 5) is 29.5. The van der Waals surface area contributed by atoms with Crippen LogP contribution in [0.5, 0.6) is 6.01 Å².